The summed E-state index contributed by atoms with van der Waals surface area (Å²) in [5.74, 6) is 2.42. The molecule has 0 bridgehead atoms. The second-order valence-corrected chi connectivity index (χ2v) is 4.81. The first-order chi connectivity index (χ1) is 7.63. The van der Waals surface area contributed by atoms with E-state index >= 15 is 0 Å². The van der Waals surface area contributed by atoms with Crippen molar-refractivity contribution in [1.29, 1.82) is 0 Å². The van der Waals surface area contributed by atoms with Crippen molar-refractivity contribution in [2.75, 3.05) is 12.3 Å². The number of nitro benzene ring substituents is 1. The van der Waals surface area contributed by atoms with Crippen molar-refractivity contribution in [3.63, 3.8) is 0 Å². The minimum absolute atomic E-state index is 0.143. The third-order valence-electron chi connectivity index (χ3n) is 2.22. The highest BCUT2D eigenvalue weighted by atomic mass is 32.2. The highest BCUT2D eigenvalue weighted by Gasteiger charge is 2.04. The van der Waals surface area contributed by atoms with Crippen LogP contribution in [-0.4, -0.2) is 17.2 Å². The second-order valence-electron chi connectivity index (χ2n) is 3.78. The van der Waals surface area contributed by atoms with Gasteiger partial charge in [0.1, 0.15) is 0 Å². The van der Waals surface area contributed by atoms with Gasteiger partial charge in [-0.15, -0.1) is 0 Å². The Morgan fingerprint density at radius 3 is 2.56 bits per heavy atom. The van der Waals surface area contributed by atoms with Crippen molar-refractivity contribution >= 4 is 17.4 Å². The molecule has 1 rings (SSSR count). The smallest absolute Gasteiger partial charge is 0.269 e. The molecule has 1 aromatic carbocycles. The number of nitrogens with zero attached hydrogens (tertiary/aromatic N) is 1. The van der Waals surface area contributed by atoms with Gasteiger partial charge in [-0.2, -0.15) is 11.8 Å². The lowest BCUT2D eigenvalue weighted by Gasteiger charge is -2.07. The van der Waals surface area contributed by atoms with Crippen LogP contribution in [0.4, 0.5) is 5.69 Å². The quantitative estimate of drug-likeness (QED) is 0.612. The Morgan fingerprint density at radius 1 is 1.44 bits per heavy atom. The van der Waals surface area contributed by atoms with Crippen LogP contribution in [0.3, 0.4) is 0 Å². The number of nitro groups is 1. The number of hydrogen-bond acceptors (Lipinski definition) is 4. The summed E-state index contributed by atoms with van der Waals surface area (Å²) in [5.41, 5.74) is 6.77. The predicted molar refractivity (Wildman–Crippen MR) is 67.5 cm³/mol. The molecule has 5 heteroatoms. The zero-order chi connectivity index (χ0) is 12.0. The Hall–Kier alpha value is -1.07. The molecule has 0 heterocycles. The lowest BCUT2D eigenvalue weighted by atomic mass is 10.2. The summed E-state index contributed by atoms with van der Waals surface area (Å²) < 4.78 is 0. The highest BCUT2D eigenvalue weighted by Crippen LogP contribution is 2.18. The third-order valence-corrected chi connectivity index (χ3v) is 3.56. The summed E-state index contributed by atoms with van der Waals surface area (Å²) >= 11 is 1.80. The zero-order valence-electron chi connectivity index (χ0n) is 9.26. The topological polar surface area (TPSA) is 69.2 Å². The molecule has 1 aromatic rings. The average Bonchev–Trinajstić information content (AvgIpc) is 2.29. The van der Waals surface area contributed by atoms with E-state index in [-0.39, 0.29) is 10.6 Å². The molecule has 0 saturated carbocycles. The third kappa shape index (κ3) is 4.20. The summed E-state index contributed by atoms with van der Waals surface area (Å²) in [6.45, 7) is 2.82. The monoisotopic (exact) mass is 240 g/mol. The normalized spacial score (nSPS) is 12.4. The number of hydrogen-bond donors (Lipinski definition) is 1. The van der Waals surface area contributed by atoms with E-state index in [0.29, 0.717) is 12.5 Å². The molecular formula is C11H16N2O2S. The van der Waals surface area contributed by atoms with Gasteiger partial charge in [0.05, 0.1) is 4.92 Å². The summed E-state index contributed by atoms with van der Waals surface area (Å²) in [6.07, 6.45) is 0. The van der Waals surface area contributed by atoms with Crippen molar-refractivity contribution in [2.45, 2.75) is 12.7 Å². The number of nitrogens with two attached hydrogens (primary N) is 1. The molecule has 2 N–H and O–H groups in total. The standard InChI is InChI=1S/C11H16N2O2S/c1-9(6-12)7-16-8-10-2-4-11(5-3-10)13(14)15/h2-5,9H,6-8,12H2,1H3. The predicted octanol–water partition coefficient (Wildman–Crippen LogP) is 2.42. The van der Waals surface area contributed by atoms with E-state index in [1.165, 1.54) is 0 Å². The van der Waals surface area contributed by atoms with E-state index in [2.05, 4.69) is 6.92 Å². The number of non-ortho nitro benzene ring substituents is 1. The van der Waals surface area contributed by atoms with Crippen molar-refractivity contribution in [1.82, 2.24) is 0 Å². The van der Waals surface area contributed by atoms with E-state index in [1.807, 2.05) is 0 Å². The Kier molecular flexibility index (Phi) is 5.28. The average molecular weight is 240 g/mol. The van der Waals surface area contributed by atoms with Gasteiger partial charge in [0.2, 0.25) is 0 Å². The first kappa shape index (κ1) is 13.0. The second kappa shape index (κ2) is 6.50. The maximum absolute atomic E-state index is 10.4. The van der Waals surface area contributed by atoms with Crippen LogP contribution >= 0.6 is 11.8 Å². The summed E-state index contributed by atoms with van der Waals surface area (Å²) in [7, 11) is 0. The van der Waals surface area contributed by atoms with Crippen LogP contribution in [-0.2, 0) is 5.75 Å². The lowest BCUT2D eigenvalue weighted by molar-refractivity contribution is -0.384. The molecule has 0 saturated heterocycles. The highest BCUT2D eigenvalue weighted by molar-refractivity contribution is 7.98. The molecule has 0 aromatic heterocycles. The van der Waals surface area contributed by atoms with Crippen LogP contribution < -0.4 is 5.73 Å². The van der Waals surface area contributed by atoms with Crippen LogP contribution in [0.15, 0.2) is 24.3 Å². The van der Waals surface area contributed by atoms with Crippen molar-refractivity contribution in [2.24, 2.45) is 11.7 Å². The fraction of sp³-hybridized carbons (Fsp3) is 0.455. The Bertz CT molecular complexity index is 340. The van der Waals surface area contributed by atoms with Crippen LogP contribution in [0.5, 0.6) is 0 Å². The van der Waals surface area contributed by atoms with Gasteiger partial charge < -0.3 is 5.73 Å². The molecule has 0 aliphatic carbocycles. The van der Waals surface area contributed by atoms with Gasteiger partial charge >= 0.3 is 0 Å². The SMILES string of the molecule is CC(CN)CSCc1ccc([N+](=O)[O-])cc1. The van der Waals surface area contributed by atoms with Gasteiger partial charge in [-0.05, 0) is 23.8 Å². The van der Waals surface area contributed by atoms with Crippen molar-refractivity contribution < 1.29 is 4.92 Å². The summed E-state index contributed by atoms with van der Waals surface area (Å²) in [4.78, 5) is 10.1. The molecule has 0 radical (unpaired) electrons. The van der Waals surface area contributed by atoms with Crippen molar-refractivity contribution in [3.8, 4) is 0 Å². The Labute approximate surface area is 99.4 Å². The van der Waals surface area contributed by atoms with Gasteiger partial charge in [-0.3, -0.25) is 10.1 Å². The van der Waals surface area contributed by atoms with Gasteiger partial charge in [0.25, 0.3) is 5.69 Å². The number of rotatable bonds is 6. The molecule has 0 aliphatic heterocycles. The van der Waals surface area contributed by atoms with E-state index in [1.54, 1.807) is 36.0 Å². The van der Waals surface area contributed by atoms with Crippen molar-refractivity contribution in [3.05, 3.63) is 39.9 Å². The molecule has 0 spiro atoms. The fourth-order valence-electron chi connectivity index (χ4n) is 1.16. The Balaban J connectivity index is 2.40. The van der Waals surface area contributed by atoms with Gasteiger partial charge in [-0.1, -0.05) is 19.1 Å². The van der Waals surface area contributed by atoms with E-state index < -0.39 is 0 Å². The molecule has 4 nitrogen and oxygen atoms in total. The molecule has 0 aliphatic rings. The first-order valence-electron chi connectivity index (χ1n) is 5.14. The number of thioether (sulfide) groups is 1. The maximum Gasteiger partial charge on any atom is 0.269 e. The van der Waals surface area contributed by atoms with Crippen LogP contribution in [0.1, 0.15) is 12.5 Å². The molecule has 0 fully saturated rings. The molecular weight excluding hydrogens is 224 g/mol. The van der Waals surface area contributed by atoms with Gasteiger partial charge in [0, 0.05) is 17.9 Å². The molecule has 0 amide bonds. The molecule has 88 valence electrons. The van der Waals surface area contributed by atoms with E-state index in [0.717, 1.165) is 17.1 Å². The maximum atomic E-state index is 10.4. The molecule has 16 heavy (non-hydrogen) atoms. The molecule has 1 unspecified atom stereocenters. The largest absolute Gasteiger partial charge is 0.330 e. The van der Waals surface area contributed by atoms with E-state index in [9.17, 15) is 10.1 Å². The minimum atomic E-state index is -0.382. The molecule has 1 atom stereocenters. The van der Waals surface area contributed by atoms with Crippen LogP contribution in [0.25, 0.3) is 0 Å². The van der Waals surface area contributed by atoms with Gasteiger partial charge in [0.15, 0.2) is 0 Å². The minimum Gasteiger partial charge on any atom is -0.330 e. The number of benzene rings is 1. The van der Waals surface area contributed by atoms with E-state index in [4.69, 9.17) is 5.73 Å². The Morgan fingerprint density at radius 2 is 2.06 bits per heavy atom. The first-order valence-corrected chi connectivity index (χ1v) is 6.30. The van der Waals surface area contributed by atoms with Crippen LogP contribution in [0.2, 0.25) is 0 Å². The lowest BCUT2D eigenvalue weighted by Crippen LogP contribution is -2.12. The van der Waals surface area contributed by atoms with Gasteiger partial charge in [-0.25, -0.2) is 0 Å². The fourth-order valence-corrected chi connectivity index (χ4v) is 2.24. The summed E-state index contributed by atoms with van der Waals surface area (Å²) in [6, 6.07) is 6.70. The van der Waals surface area contributed by atoms with Crippen LogP contribution in [0, 0.1) is 16.0 Å². The summed E-state index contributed by atoms with van der Waals surface area (Å²) in [5, 5.41) is 10.4. The zero-order valence-corrected chi connectivity index (χ0v) is 10.1.